The topological polar surface area (TPSA) is 99.6 Å². The normalized spacial score (nSPS) is 10.5. The molecule has 0 spiro atoms. The van der Waals surface area contributed by atoms with Gasteiger partial charge in [-0.2, -0.15) is 0 Å². The van der Waals surface area contributed by atoms with Crippen molar-refractivity contribution < 1.29 is 23.8 Å². The van der Waals surface area contributed by atoms with E-state index in [-0.39, 0.29) is 17.2 Å². The summed E-state index contributed by atoms with van der Waals surface area (Å²) in [4.78, 5) is 32.7. The Morgan fingerprint density at radius 1 is 1.03 bits per heavy atom. The van der Waals surface area contributed by atoms with E-state index in [4.69, 9.17) is 14.2 Å². The van der Waals surface area contributed by atoms with Crippen molar-refractivity contribution in [2.45, 2.75) is 6.92 Å². The number of para-hydroxylation sites is 1. The molecular formula is C22H17N3O5S. The molecule has 2 heterocycles. The summed E-state index contributed by atoms with van der Waals surface area (Å²) in [5, 5.41) is 3.07. The summed E-state index contributed by atoms with van der Waals surface area (Å²) in [6, 6.07) is 16.4. The smallest absolute Gasteiger partial charge is 0.308 e. The van der Waals surface area contributed by atoms with Gasteiger partial charge in [-0.25, -0.2) is 9.97 Å². The van der Waals surface area contributed by atoms with E-state index in [0.717, 1.165) is 10.4 Å². The van der Waals surface area contributed by atoms with Crippen molar-refractivity contribution in [3.05, 3.63) is 66.5 Å². The van der Waals surface area contributed by atoms with Crippen LogP contribution < -0.4 is 19.5 Å². The van der Waals surface area contributed by atoms with Crippen molar-refractivity contribution in [3.63, 3.8) is 0 Å². The number of carbonyl (C=O) groups excluding carboxylic acids is 2. The molecule has 0 saturated carbocycles. The third kappa shape index (κ3) is 4.62. The van der Waals surface area contributed by atoms with Crippen molar-refractivity contribution in [2.24, 2.45) is 0 Å². The number of aromatic nitrogens is 2. The van der Waals surface area contributed by atoms with Crippen LogP contribution in [0.5, 0.6) is 23.0 Å². The van der Waals surface area contributed by atoms with Gasteiger partial charge in [0.25, 0.3) is 5.91 Å². The maximum Gasteiger partial charge on any atom is 0.308 e. The molecule has 0 aliphatic heterocycles. The van der Waals surface area contributed by atoms with Crippen LogP contribution in [-0.4, -0.2) is 29.0 Å². The Morgan fingerprint density at radius 2 is 1.84 bits per heavy atom. The summed E-state index contributed by atoms with van der Waals surface area (Å²) in [6.45, 7) is 1.23. The summed E-state index contributed by atoms with van der Waals surface area (Å²) in [5.74, 6) is 0.395. The molecule has 0 saturated heterocycles. The molecule has 0 fully saturated rings. The van der Waals surface area contributed by atoms with E-state index in [1.165, 1.54) is 37.6 Å². The zero-order chi connectivity index (χ0) is 21.8. The molecular weight excluding hydrogens is 418 g/mol. The lowest BCUT2D eigenvalue weighted by Gasteiger charge is -2.11. The van der Waals surface area contributed by atoms with E-state index >= 15 is 0 Å². The summed E-state index contributed by atoms with van der Waals surface area (Å²) in [6.07, 6.45) is 1.40. The molecule has 31 heavy (non-hydrogen) atoms. The molecule has 4 rings (SSSR count). The number of methoxy groups -OCH3 is 1. The molecule has 1 N–H and O–H groups in total. The Kier molecular flexibility index (Phi) is 5.76. The number of esters is 1. The number of amides is 1. The summed E-state index contributed by atoms with van der Waals surface area (Å²) in [5.41, 5.74) is 0.626. The van der Waals surface area contributed by atoms with Gasteiger partial charge in [0.2, 0.25) is 5.75 Å². The second-order valence-electron chi connectivity index (χ2n) is 6.30. The first-order valence-corrected chi connectivity index (χ1v) is 10.0. The van der Waals surface area contributed by atoms with E-state index < -0.39 is 11.9 Å². The predicted octanol–water partition coefficient (Wildman–Crippen LogP) is 4.67. The summed E-state index contributed by atoms with van der Waals surface area (Å²) < 4.78 is 17.0. The first-order chi connectivity index (χ1) is 15.0. The third-order valence-electron chi connectivity index (χ3n) is 4.11. The maximum atomic E-state index is 12.8. The van der Waals surface area contributed by atoms with Gasteiger partial charge in [-0.1, -0.05) is 29.5 Å². The number of nitrogens with zero attached hydrogens (tertiary/aromatic N) is 2. The highest BCUT2D eigenvalue weighted by Gasteiger charge is 2.21. The van der Waals surface area contributed by atoms with Crippen molar-refractivity contribution in [1.29, 1.82) is 0 Å². The maximum absolute atomic E-state index is 12.8. The fourth-order valence-electron chi connectivity index (χ4n) is 2.80. The average molecular weight is 435 g/mol. The minimum atomic E-state index is -0.591. The zero-order valence-corrected chi connectivity index (χ0v) is 17.4. The summed E-state index contributed by atoms with van der Waals surface area (Å²) >= 11 is 1.28. The highest BCUT2D eigenvalue weighted by molar-refractivity contribution is 7.22. The standard InChI is InChI=1S/C22H17N3O5S/c1-13(26)29-20-17(28-2)10-11-23-19(20)21(27)25-22-24-16-9-8-15(12-18(16)31-22)30-14-6-4-3-5-7-14/h3-12H,1-2H3,(H,24,25,27). The fraction of sp³-hybridized carbons (Fsp3) is 0.0909. The second-order valence-corrected chi connectivity index (χ2v) is 7.33. The molecule has 1 amide bonds. The van der Waals surface area contributed by atoms with Crippen molar-refractivity contribution in [2.75, 3.05) is 12.4 Å². The number of thiazole rings is 1. The van der Waals surface area contributed by atoms with Crippen LogP contribution in [0.4, 0.5) is 5.13 Å². The molecule has 4 aromatic rings. The van der Waals surface area contributed by atoms with Crippen molar-refractivity contribution >= 4 is 38.6 Å². The number of nitrogens with one attached hydrogen (secondary N) is 1. The van der Waals surface area contributed by atoms with E-state index in [1.54, 1.807) is 0 Å². The molecule has 0 aliphatic rings. The van der Waals surface area contributed by atoms with Crippen LogP contribution >= 0.6 is 11.3 Å². The second kappa shape index (κ2) is 8.80. The number of carbonyl (C=O) groups is 2. The van der Waals surface area contributed by atoms with E-state index in [2.05, 4.69) is 15.3 Å². The molecule has 0 aliphatic carbocycles. The van der Waals surface area contributed by atoms with Gasteiger partial charge in [-0.15, -0.1) is 0 Å². The van der Waals surface area contributed by atoms with Crippen LogP contribution in [0.2, 0.25) is 0 Å². The molecule has 156 valence electrons. The molecule has 9 heteroatoms. The molecule has 0 unspecified atom stereocenters. The first kappa shape index (κ1) is 20.3. The fourth-order valence-corrected chi connectivity index (χ4v) is 3.69. The number of anilines is 1. The number of pyridine rings is 1. The number of hydrogen-bond acceptors (Lipinski definition) is 8. The number of hydrogen-bond donors (Lipinski definition) is 1. The van der Waals surface area contributed by atoms with Gasteiger partial charge in [0.1, 0.15) is 11.5 Å². The number of rotatable bonds is 6. The van der Waals surface area contributed by atoms with Crippen LogP contribution in [0.15, 0.2) is 60.8 Å². The molecule has 2 aromatic heterocycles. The Labute approximate surface area is 181 Å². The Balaban J connectivity index is 1.57. The highest BCUT2D eigenvalue weighted by Crippen LogP contribution is 2.33. The average Bonchev–Trinajstić information content (AvgIpc) is 3.15. The Bertz CT molecular complexity index is 1260. The lowest BCUT2D eigenvalue weighted by Crippen LogP contribution is -2.17. The molecule has 0 atom stereocenters. The van der Waals surface area contributed by atoms with Gasteiger partial charge in [0, 0.05) is 25.3 Å². The largest absolute Gasteiger partial charge is 0.493 e. The molecule has 2 aromatic carbocycles. The predicted molar refractivity (Wildman–Crippen MR) is 116 cm³/mol. The van der Waals surface area contributed by atoms with Gasteiger partial charge in [-0.05, 0) is 24.3 Å². The van der Waals surface area contributed by atoms with Gasteiger partial charge >= 0.3 is 5.97 Å². The molecule has 0 radical (unpaired) electrons. The monoisotopic (exact) mass is 435 g/mol. The van der Waals surface area contributed by atoms with Gasteiger partial charge in [-0.3, -0.25) is 14.9 Å². The minimum absolute atomic E-state index is 0.0466. The lowest BCUT2D eigenvalue weighted by atomic mass is 10.3. The Hall–Kier alpha value is -3.98. The van der Waals surface area contributed by atoms with Crippen LogP contribution in [-0.2, 0) is 4.79 Å². The van der Waals surface area contributed by atoms with E-state index in [9.17, 15) is 9.59 Å². The number of benzene rings is 2. The first-order valence-electron chi connectivity index (χ1n) is 9.20. The van der Waals surface area contributed by atoms with Crippen LogP contribution in [0.1, 0.15) is 17.4 Å². The van der Waals surface area contributed by atoms with Crippen molar-refractivity contribution in [3.8, 4) is 23.0 Å². The number of ether oxygens (including phenoxy) is 3. The molecule has 0 bridgehead atoms. The number of fused-ring (bicyclic) bond motifs is 1. The van der Waals surface area contributed by atoms with Crippen LogP contribution in [0, 0.1) is 0 Å². The van der Waals surface area contributed by atoms with Gasteiger partial charge in [0.15, 0.2) is 16.6 Å². The van der Waals surface area contributed by atoms with Gasteiger partial charge < -0.3 is 14.2 Å². The quantitative estimate of drug-likeness (QED) is 0.439. The van der Waals surface area contributed by atoms with E-state index in [0.29, 0.717) is 16.4 Å². The zero-order valence-electron chi connectivity index (χ0n) is 16.6. The molecule has 8 nitrogen and oxygen atoms in total. The van der Waals surface area contributed by atoms with Crippen molar-refractivity contribution in [1.82, 2.24) is 9.97 Å². The Morgan fingerprint density at radius 3 is 2.58 bits per heavy atom. The SMILES string of the molecule is COc1ccnc(C(=O)Nc2nc3ccc(Oc4ccccc4)cc3s2)c1OC(C)=O. The van der Waals surface area contributed by atoms with E-state index in [1.807, 2.05) is 48.5 Å². The lowest BCUT2D eigenvalue weighted by molar-refractivity contribution is -0.132. The van der Waals surface area contributed by atoms with Crippen LogP contribution in [0.25, 0.3) is 10.2 Å². The third-order valence-corrected chi connectivity index (χ3v) is 5.04. The highest BCUT2D eigenvalue weighted by atomic mass is 32.1. The minimum Gasteiger partial charge on any atom is -0.493 e. The van der Waals surface area contributed by atoms with Crippen LogP contribution in [0.3, 0.4) is 0 Å². The van der Waals surface area contributed by atoms with Gasteiger partial charge in [0.05, 0.1) is 17.3 Å². The summed E-state index contributed by atoms with van der Waals surface area (Å²) in [7, 11) is 1.41.